The minimum atomic E-state index is -0.667. The smallest absolute Gasteiger partial charge is 0.235 e. The molecule has 0 heterocycles. The molecule has 182 valence electrons. The van der Waals surface area contributed by atoms with Crippen molar-refractivity contribution in [3.63, 3.8) is 0 Å². The summed E-state index contributed by atoms with van der Waals surface area (Å²) in [6, 6.07) is 0.00750. The molecule has 1 aliphatic carbocycles. The minimum absolute atomic E-state index is 0.00750. The Hall–Kier alpha value is -1.44. The van der Waals surface area contributed by atoms with Gasteiger partial charge in [-0.1, -0.05) is 27.7 Å². The van der Waals surface area contributed by atoms with Crippen LogP contribution in [0.3, 0.4) is 0 Å². The van der Waals surface area contributed by atoms with E-state index in [1.807, 2.05) is 6.92 Å². The van der Waals surface area contributed by atoms with Gasteiger partial charge in [-0.25, -0.2) is 19.6 Å². The zero-order valence-corrected chi connectivity index (χ0v) is 19.7. The standard InChI is InChI=1S/C12H18N2O2.C6H14O3.C4H10O2/c1-11(2)4-10(14-9-16)5-12(3,6-11)7-13-8-15;1-2-6(3-7,4-8)5-9;1-4(6)2-3-5/h10H,4-7H2,1-3H3;7-9H,2-5H2,1H3;4-6H,2-3H2,1H3. The molecule has 0 amide bonds. The summed E-state index contributed by atoms with van der Waals surface area (Å²) in [6.07, 6.45) is 6.61. The maximum absolute atomic E-state index is 10.3. The van der Waals surface area contributed by atoms with Crippen molar-refractivity contribution in [1.82, 2.24) is 0 Å². The maximum Gasteiger partial charge on any atom is 0.235 e. The van der Waals surface area contributed by atoms with Crippen molar-refractivity contribution in [3.8, 4) is 0 Å². The molecule has 0 aromatic heterocycles. The number of isocyanates is 2. The van der Waals surface area contributed by atoms with Crippen molar-refractivity contribution < 1.29 is 35.1 Å². The molecular formula is C22H42N2O7. The molecule has 1 saturated carbocycles. The van der Waals surface area contributed by atoms with Crippen molar-refractivity contribution in [3.05, 3.63) is 0 Å². The number of hydrogen-bond acceptors (Lipinski definition) is 9. The van der Waals surface area contributed by atoms with E-state index in [4.69, 9.17) is 25.5 Å². The largest absolute Gasteiger partial charge is 0.396 e. The Morgan fingerprint density at radius 3 is 1.87 bits per heavy atom. The Balaban J connectivity index is 0. The second-order valence-corrected chi connectivity index (χ2v) is 9.53. The monoisotopic (exact) mass is 446 g/mol. The van der Waals surface area contributed by atoms with Gasteiger partial charge in [0.1, 0.15) is 0 Å². The molecule has 1 fully saturated rings. The molecule has 0 spiro atoms. The quantitative estimate of drug-likeness (QED) is 0.264. The lowest BCUT2D eigenvalue weighted by Gasteiger charge is -2.44. The first-order valence-corrected chi connectivity index (χ1v) is 10.6. The van der Waals surface area contributed by atoms with Crippen LogP contribution in [0.25, 0.3) is 0 Å². The number of nitrogens with zero attached hydrogens (tertiary/aromatic N) is 2. The number of rotatable bonds is 9. The van der Waals surface area contributed by atoms with E-state index in [-0.39, 0.29) is 49.4 Å². The van der Waals surface area contributed by atoms with Gasteiger partial charge in [0.25, 0.3) is 0 Å². The van der Waals surface area contributed by atoms with Crippen LogP contribution >= 0.6 is 0 Å². The van der Waals surface area contributed by atoms with Crippen molar-refractivity contribution in [1.29, 1.82) is 0 Å². The number of aliphatic hydroxyl groups is 5. The third-order valence-corrected chi connectivity index (χ3v) is 5.49. The number of hydrogen-bond donors (Lipinski definition) is 5. The highest BCUT2D eigenvalue weighted by Crippen LogP contribution is 2.47. The fraction of sp³-hybridized carbons (Fsp3) is 0.909. The number of aliphatic hydroxyl groups excluding tert-OH is 5. The molecule has 0 bridgehead atoms. The first kappa shape index (κ1) is 31.7. The van der Waals surface area contributed by atoms with Crippen LogP contribution in [0.4, 0.5) is 0 Å². The molecule has 31 heavy (non-hydrogen) atoms. The summed E-state index contributed by atoms with van der Waals surface area (Å²) >= 11 is 0. The Kier molecular flexibility index (Phi) is 16.6. The molecule has 0 saturated heterocycles. The van der Waals surface area contributed by atoms with Crippen molar-refractivity contribution in [2.24, 2.45) is 26.2 Å². The van der Waals surface area contributed by atoms with Crippen molar-refractivity contribution >= 4 is 12.2 Å². The maximum atomic E-state index is 10.3. The highest BCUT2D eigenvalue weighted by molar-refractivity contribution is 5.34. The molecule has 0 aromatic rings. The molecule has 1 aliphatic rings. The first-order chi connectivity index (χ1) is 14.4. The van der Waals surface area contributed by atoms with Crippen LogP contribution < -0.4 is 0 Å². The average Bonchev–Trinajstić information content (AvgIpc) is 2.68. The SMILES string of the molecule is CC(O)CCO.CC1(C)CC(N=C=O)CC(C)(CN=C=O)C1.CCC(CO)(CO)CO. The van der Waals surface area contributed by atoms with Crippen molar-refractivity contribution in [2.75, 3.05) is 33.0 Å². The topological polar surface area (TPSA) is 160 Å². The number of carbonyl (C=O) groups excluding carboxylic acids is 2. The molecule has 5 N–H and O–H groups in total. The Morgan fingerprint density at radius 1 is 1.03 bits per heavy atom. The second kappa shape index (κ2) is 16.2. The highest BCUT2D eigenvalue weighted by Gasteiger charge is 2.41. The average molecular weight is 447 g/mol. The second-order valence-electron chi connectivity index (χ2n) is 9.53. The van der Waals surface area contributed by atoms with E-state index in [2.05, 4.69) is 30.8 Å². The molecular weight excluding hydrogens is 404 g/mol. The summed E-state index contributed by atoms with van der Waals surface area (Å²) in [5, 5.41) is 42.4. The molecule has 0 aromatic carbocycles. The van der Waals surface area contributed by atoms with E-state index >= 15 is 0 Å². The third-order valence-electron chi connectivity index (χ3n) is 5.49. The number of aliphatic imine (C=N–C) groups is 2. The Bertz CT molecular complexity index is 549. The fourth-order valence-corrected chi connectivity index (χ4v) is 3.76. The Morgan fingerprint density at radius 2 is 1.58 bits per heavy atom. The van der Waals surface area contributed by atoms with Gasteiger partial charge in [-0.3, -0.25) is 0 Å². The normalized spacial score (nSPS) is 23.0. The fourth-order valence-electron chi connectivity index (χ4n) is 3.76. The highest BCUT2D eigenvalue weighted by atomic mass is 16.3. The first-order valence-electron chi connectivity index (χ1n) is 10.6. The lowest BCUT2D eigenvalue weighted by Crippen LogP contribution is -2.39. The molecule has 1 rings (SSSR count). The van der Waals surface area contributed by atoms with Crippen LogP contribution in [-0.2, 0) is 9.59 Å². The van der Waals surface area contributed by atoms with Gasteiger partial charge in [-0.2, -0.15) is 0 Å². The van der Waals surface area contributed by atoms with E-state index in [0.29, 0.717) is 19.4 Å². The van der Waals surface area contributed by atoms with Crippen LogP contribution in [0.5, 0.6) is 0 Å². The molecule has 3 atom stereocenters. The molecule has 9 heteroatoms. The lowest BCUT2D eigenvalue weighted by molar-refractivity contribution is 0.00304. The minimum Gasteiger partial charge on any atom is -0.396 e. The summed E-state index contributed by atoms with van der Waals surface area (Å²) in [4.78, 5) is 28.0. The zero-order valence-electron chi connectivity index (χ0n) is 19.7. The van der Waals surface area contributed by atoms with Gasteiger partial charge >= 0.3 is 0 Å². The molecule has 0 radical (unpaired) electrons. The van der Waals surface area contributed by atoms with Crippen LogP contribution in [-0.4, -0.2) is 82.8 Å². The predicted molar refractivity (Wildman–Crippen MR) is 118 cm³/mol. The van der Waals surface area contributed by atoms with Gasteiger partial charge in [0.2, 0.25) is 12.2 Å². The predicted octanol–water partition coefficient (Wildman–Crippen LogP) is 1.35. The summed E-state index contributed by atoms with van der Waals surface area (Å²) in [7, 11) is 0. The van der Waals surface area contributed by atoms with E-state index in [9.17, 15) is 9.59 Å². The van der Waals surface area contributed by atoms with E-state index in [0.717, 1.165) is 19.3 Å². The van der Waals surface area contributed by atoms with Crippen LogP contribution in [0.1, 0.15) is 66.7 Å². The van der Waals surface area contributed by atoms with Gasteiger partial charge in [0.05, 0.1) is 38.5 Å². The van der Waals surface area contributed by atoms with E-state index < -0.39 is 5.41 Å². The van der Waals surface area contributed by atoms with Gasteiger partial charge in [-0.05, 0) is 49.9 Å². The van der Waals surface area contributed by atoms with Crippen LogP contribution in [0.15, 0.2) is 9.98 Å². The van der Waals surface area contributed by atoms with Gasteiger partial charge < -0.3 is 25.5 Å². The van der Waals surface area contributed by atoms with Crippen LogP contribution in [0, 0.1) is 16.2 Å². The zero-order chi connectivity index (χ0) is 24.6. The molecule has 0 aliphatic heterocycles. The van der Waals surface area contributed by atoms with E-state index in [1.54, 1.807) is 19.1 Å². The lowest BCUT2D eigenvalue weighted by atomic mass is 9.63. The Labute approximate surface area is 185 Å². The molecule has 9 nitrogen and oxygen atoms in total. The van der Waals surface area contributed by atoms with Crippen molar-refractivity contribution in [2.45, 2.75) is 78.9 Å². The van der Waals surface area contributed by atoms with Gasteiger partial charge in [0.15, 0.2) is 0 Å². The van der Waals surface area contributed by atoms with Gasteiger partial charge in [-0.15, -0.1) is 0 Å². The van der Waals surface area contributed by atoms with Crippen LogP contribution in [0.2, 0.25) is 0 Å². The molecule has 3 unspecified atom stereocenters. The third kappa shape index (κ3) is 14.3. The summed E-state index contributed by atoms with van der Waals surface area (Å²) in [6.45, 7) is 9.94. The van der Waals surface area contributed by atoms with E-state index in [1.165, 1.54) is 0 Å². The summed E-state index contributed by atoms with van der Waals surface area (Å²) in [5.74, 6) is 0. The summed E-state index contributed by atoms with van der Waals surface area (Å²) in [5.41, 5.74) is -0.611. The summed E-state index contributed by atoms with van der Waals surface area (Å²) < 4.78 is 0. The van der Waals surface area contributed by atoms with Gasteiger partial charge in [0, 0.05) is 12.0 Å².